The monoisotopic (exact) mass is 311 g/mol. The molecule has 1 aromatic carbocycles. The summed E-state index contributed by atoms with van der Waals surface area (Å²) in [4.78, 5) is 20.2. The highest BCUT2D eigenvalue weighted by atomic mass is 16.2. The minimum atomic E-state index is -0.263. The number of hydrogen-bond acceptors (Lipinski definition) is 3. The lowest BCUT2D eigenvalue weighted by Crippen LogP contribution is -2.28. The molecule has 0 aliphatic rings. The summed E-state index contributed by atoms with van der Waals surface area (Å²) in [5, 5.41) is 11.0. The van der Waals surface area contributed by atoms with Gasteiger partial charge in [-0.3, -0.25) is 9.89 Å². The van der Waals surface area contributed by atoms with Crippen molar-refractivity contribution in [2.75, 3.05) is 0 Å². The Morgan fingerprint density at radius 3 is 2.48 bits per heavy atom. The number of benzene rings is 1. The second-order valence-corrected chi connectivity index (χ2v) is 6.05. The Hall–Kier alpha value is -2.63. The van der Waals surface area contributed by atoms with Crippen molar-refractivity contribution in [2.24, 2.45) is 0 Å². The Labute approximate surface area is 134 Å². The Morgan fingerprint density at radius 1 is 1.17 bits per heavy atom. The molecule has 0 saturated carbocycles. The van der Waals surface area contributed by atoms with Gasteiger partial charge in [0.15, 0.2) is 5.82 Å². The molecule has 120 valence electrons. The van der Waals surface area contributed by atoms with Crippen molar-refractivity contribution < 1.29 is 4.79 Å². The smallest absolute Gasteiger partial charge is 0.268 e. The van der Waals surface area contributed by atoms with Gasteiger partial charge >= 0.3 is 0 Å². The highest BCUT2D eigenvalue weighted by molar-refractivity contribution is 6.02. The number of aromatic amines is 2. The Kier molecular flexibility index (Phi) is 3.67. The zero-order chi connectivity index (χ0) is 16.7. The number of rotatable bonds is 3. The molecular weight excluding hydrogens is 290 g/mol. The number of fused-ring (bicyclic) bond motifs is 1. The highest BCUT2D eigenvalue weighted by Gasteiger charge is 2.20. The lowest BCUT2D eigenvalue weighted by Gasteiger charge is -2.10. The zero-order valence-corrected chi connectivity index (χ0v) is 14.0. The van der Waals surface area contributed by atoms with Gasteiger partial charge in [-0.25, -0.2) is 4.98 Å². The molecule has 0 radical (unpaired) electrons. The van der Waals surface area contributed by atoms with E-state index in [2.05, 4.69) is 44.5 Å². The van der Waals surface area contributed by atoms with Gasteiger partial charge < -0.3 is 10.3 Å². The predicted octanol–water partition coefficient (Wildman–Crippen LogP) is 3.01. The van der Waals surface area contributed by atoms with E-state index in [1.165, 1.54) is 0 Å². The SMILES string of the molecule is Cc1nc([C@@H](C)NC(=O)c2[nH]c3c(C)ccc(C)c3c2C)n[nH]1. The summed E-state index contributed by atoms with van der Waals surface area (Å²) in [6.45, 7) is 9.77. The largest absolute Gasteiger partial charge is 0.350 e. The van der Waals surface area contributed by atoms with E-state index in [1.807, 2.05) is 27.7 Å². The molecule has 2 heterocycles. The number of amides is 1. The Balaban J connectivity index is 1.94. The van der Waals surface area contributed by atoms with Crippen molar-refractivity contribution >= 4 is 16.8 Å². The first-order valence-corrected chi connectivity index (χ1v) is 7.66. The van der Waals surface area contributed by atoms with Gasteiger partial charge in [0.1, 0.15) is 11.5 Å². The molecule has 6 heteroatoms. The Bertz CT molecular complexity index is 890. The Morgan fingerprint density at radius 2 is 1.87 bits per heavy atom. The van der Waals surface area contributed by atoms with Crippen molar-refractivity contribution in [3.63, 3.8) is 0 Å². The second kappa shape index (κ2) is 5.53. The summed E-state index contributed by atoms with van der Waals surface area (Å²) in [6, 6.07) is 3.88. The molecule has 1 amide bonds. The van der Waals surface area contributed by atoms with Crippen LogP contribution in [0.5, 0.6) is 0 Å². The number of nitrogens with one attached hydrogen (secondary N) is 3. The van der Waals surface area contributed by atoms with E-state index in [0.717, 1.165) is 33.4 Å². The average Bonchev–Trinajstić information content (AvgIpc) is 3.08. The average molecular weight is 311 g/mol. The minimum absolute atomic E-state index is 0.146. The van der Waals surface area contributed by atoms with Crippen LogP contribution in [0.15, 0.2) is 12.1 Å². The van der Waals surface area contributed by atoms with E-state index < -0.39 is 0 Å². The van der Waals surface area contributed by atoms with E-state index >= 15 is 0 Å². The topological polar surface area (TPSA) is 86.5 Å². The molecule has 0 saturated heterocycles. The predicted molar refractivity (Wildman–Crippen MR) is 89.5 cm³/mol. The maximum absolute atomic E-state index is 12.6. The molecule has 3 rings (SSSR count). The molecule has 0 unspecified atom stereocenters. The molecule has 3 aromatic rings. The van der Waals surface area contributed by atoms with Crippen LogP contribution in [-0.4, -0.2) is 26.1 Å². The quantitative estimate of drug-likeness (QED) is 0.695. The van der Waals surface area contributed by atoms with Gasteiger partial charge in [0.25, 0.3) is 5.91 Å². The lowest BCUT2D eigenvalue weighted by atomic mass is 10.0. The summed E-state index contributed by atoms with van der Waals surface area (Å²) in [5.41, 5.74) is 4.88. The first-order valence-electron chi connectivity index (χ1n) is 7.66. The van der Waals surface area contributed by atoms with Gasteiger partial charge in [-0.2, -0.15) is 5.10 Å². The van der Waals surface area contributed by atoms with Crippen molar-refractivity contribution in [1.82, 2.24) is 25.5 Å². The molecule has 6 nitrogen and oxygen atoms in total. The fourth-order valence-corrected chi connectivity index (χ4v) is 2.91. The first-order chi connectivity index (χ1) is 10.9. The van der Waals surface area contributed by atoms with Crippen molar-refractivity contribution in [1.29, 1.82) is 0 Å². The number of hydrogen-bond donors (Lipinski definition) is 3. The summed E-state index contributed by atoms with van der Waals surface area (Å²) >= 11 is 0. The van der Waals surface area contributed by atoms with Crippen LogP contribution >= 0.6 is 0 Å². The van der Waals surface area contributed by atoms with Gasteiger partial charge in [-0.05, 0) is 51.3 Å². The second-order valence-electron chi connectivity index (χ2n) is 6.05. The van der Waals surface area contributed by atoms with Gasteiger partial charge in [0, 0.05) is 10.9 Å². The summed E-state index contributed by atoms with van der Waals surface area (Å²) in [6.07, 6.45) is 0. The molecule has 0 aliphatic carbocycles. The number of aryl methyl sites for hydroxylation is 4. The number of aromatic nitrogens is 4. The van der Waals surface area contributed by atoms with Crippen molar-refractivity contribution in [3.8, 4) is 0 Å². The fourth-order valence-electron chi connectivity index (χ4n) is 2.91. The van der Waals surface area contributed by atoms with E-state index in [-0.39, 0.29) is 11.9 Å². The molecule has 23 heavy (non-hydrogen) atoms. The lowest BCUT2D eigenvalue weighted by molar-refractivity contribution is 0.0933. The van der Waals surface area contributed by atoms with Crippen LogP contribution in [-0.2, 0) is 0 Å². The highest BCUT2D eigenvalue weighted by Crippen LogP contribution is 2.27. The van der Waals surface area contributed by atoms with Crippen LogP contribution in [0.25, 0.3) is 10.9 Å². The third kappa shape index (κ3) is 2.60. The van der Waals surface area contributed by atoms with Gasteiger partial charge in [0.2, 0.25) is 0 Å². The normalized spacial score (nSPS) is 12.6. The number of carbonyl (C=O) groups is 1. The summed E-state index contributed by atoms with van der Waals surface area (Å²) in [7, 11) is 0. The van der Waals surface area contributed by atoms with E-state index in [4.69, 9.17) is 0 Å². The maximum atomic E-state index is 12.6. The van der Waals surface area contributed by atoms with Gasteiger partial charge in [-0.15, -0.1) is 0 Å². The molecule has 3 N–H and O–H groups in total. The van der Waals surface area contributed by atoms with Crippen LogP contribution in [0.4, 0.5) is 0 Å². The molecule has 0 bridgehead atoms. The number of H-pyrrole nitrogens is 2. The zero-order valence-electron chi connectivity index (χ0n) is 14.0. The minimum Gasteiger partial charge on any atom is -0.350 e. The first kappa shape index (κ1) is 15.3. The van der Waals surface area contributed by atoms with Crippen molar-refractivity contribution in [2.45, 2.75) is 40.7 Å². The van der Waals surface area contributed by atoms with Crippen LogP contribution in [0.1, 0.15) is 51.8 Å². The molecule has 2 aromatic heterocycles. The van der Waals surface area contributed by atoms with Crippen LogP contribution in [0.3, 0.4) is 0 Å². The molecule has 0 spiro atoms. The third-order valence-corrected chi connectivity index (χ3v) is 4.20. The maximum Gasteiger partial charge on any atom is 0.268 e. The third-order valence-electron chi connectivity index (χ3n) is 4.20. The van der Waals surface area contributed by atoms with E-state index in [1.54, 1.807) is 0 Å². The fraction of sp³-hybridized carbons (Fsp3) is 0.353. The van der Waals surface area contributed by atoms with Gasteiger partial charge in [0.05, 0.1) is 6.04 Å². The standard InChI is InChI=1S/C17H21N5O/c1-8-6-7-9(2)14-13(8)10(3)15(20-14)17(23)18-11(4)16-19-12(5)21-22-16/h6-7,11,20H,1-5H3,(H,18,23)(H,19,21,22)/t11-/m1/s1. The number of nitrogens with zero attached hydrogens (tertiary/aromatic N) is 2. The molecule has 0 aliphatic heterocycles. The van der Waals surface area contributed by atoms with Gasteiger partial charge in [-0.1, -0.05) is 12.1 Å². The van der Waals surface area contributed by atoms with Crippen LogP contribution in [0.2, 0.25) is 0 Å². The van der Waals surface area contributed by atoms with Crippen LogP contribution < -0.4 is 5.32 Å². The van der Waals surface area contributed by atoms with Crippen molar-refractivity contribution in [3.05, 3.63) is 46.2 Å². The van der Waals surface area contributed by atoms with E-state index in [0.29, 0.717) is 11.5 Å². The summed E-state index contributed by atoms with van der Waals surface area (Å²) in [5.74, 6) is 1.17. The number of carbonyl (C=O) groups excluding carboxylic acids is 1. The molecule has 0 fully saturated rings. The van der Waals surface area contributed by atoms with Crippen LogP contribution in [0, 0.1) is 27.7 Å². The summed E-state index contributed by atoms with van der Waals surface area (Å²) < 4.78 is 0. The molecule has 1 atom stereocenters. The van der Waals surface area contributed by atoms with E-state index in [9.17, 15) is 4.79 Å². The molecular formula is C17H21N5O.